The van der Waals surface area contributed by atoms with E-state index in [9.17, 15) is 0 Å². The molecule has 0 spiro atoms. The summed E-state index contributed by atoms with van der Waals surface area (Å²) in [4.78, 5) is 0. The number of rotatable bonds is 4. The molecule has 1 aromatic rings. The second kappa shape index (κ2) is 4.90. The Morgan fingerprint density at radius 1 is 1.23 bits per heavy atom. The van der Waals surface area contributed by atoms with E-state index < -0.39 is 0 Å². The largest absolute Gasteiger partial charge is 0.385 e. The van der Waals surface area contributed by atoms with Gasteiger partial charge in [-0.15, -0.1) is 0 Å². The van der Waals surface area contributed by atoms with Gasteiger partial charge in [-0.2, -0.15) is 0 Å². The Morgan fingerprint density at radius 3 is 2.54 bits per heavy atom. The van der Waals surface area contributed by atoms with Gasteiger partial charge in [-0.1, -0.05) is 39.0 Å². The van der Waals surface area contributed by atoms with Crippen molar-refractivity contribution in [1.82, 2.24) is 0 Å². The molecule has 0 radical (unpaired) electrons. The normalized spacial score (nSPS) is 10.5. The third-order valence-electron chi connectivity index (χ3n) is 2.15. The maximum atomic E-state index is 3.44. The third-order valence-corrected chi connectivity index (χ3v) is 2.15. The smallest absolute Gasteiger partial charge is 0.0375 e. The molecule has 1 heteroatoms. The summed E-state index contributed by atoms with van der Waals surface area (Å²) in [6.45, 7) is 7.70. The number of hydrogen-bond donors (Lipinski definition) is 1. The van der Waals surface area contributed by atoms with Crippen LogP contribution in [0, 0.1) is 0 Å². The number of hydrogen-bond acceptors (Lipinski definition) is 1. The molecule has 1 nitrogen and oxygen atoms in total. The minimum atomic E-state index is 0.598. The Hall–Kier alpha value is -0.980. The van der Waals surface area contributed by atoms with Gasteiger partial charge in [0.05, 0.1) is 0 Å². The summed E-state index contributed by atoms with van der Waals surface area (Å²) in [6, 6.07) is 8.55. The highest BCUT2D eigenvalue weighted by Crippen LogP contribution is 2.23. The van der Waals surface area contributed by atoms with Crippen molar-refractivity contribution in [2.45, 2.75) is 33.1 Å². The van der Waals surface area contributed by atoms with Gasteiger partial charge in [-0.3, -0.25) is 0 Å². The van der Waals surface area contributed by atoms with Crippen LogP contribution in [0.3, 0.4) is 0 Å². The molecule has 0 aromatic heterocycles. The van der Waals surface area contributed by atoms with Crippen molar-refractivity contribution >= 4 is 5.69 Å². The Kier molecular flexibility index (Phi) is 3.81. The fraction of sp³-hybridized carbons (Fsp3) is 0.500. The zero-order valence-corrected chi connectivity index (χ0v) is 8.80. The lowest BCUT2D eigenvalue weighted by Crippen LogP contribution is -2.03. The van der Waals surface area contributed by atoms with Crippen molar-refractivity contribution in [2.24, 2.45) is 0 Å². The molecule has 72 valence electrons. The van der Waals surface area contributed by atoms with Crippen LogP contribution in [0.15, 0.2) is 24.3 Å². The molecule has 0 fully saturated rings. The molecule has 0 atom stereocenters. The van der Waals surface area contributed by atoms with Crippen LogP contribution in [-0.4, -0.2) is 6.54 Å². The van der Waals surface area contributed by atoms with E-state index in [1.165, 1.54) is 17.7 Å². The molecule has 13 heavy (non-hydrogen) atoms. The van der Waals surface area contributed by atoms with Gasteiger partial charge in [0.15, 0.2) is 0 Å². The van der Waals surface area contributed by atoms with Crippen molar-refractivity contribution < 1.29 is 0 Å². The quantitative estimate of drug-likeness (QED) is 0.740. The van der Waals surface area contributed by atoms with Crippen LogP contribution >= 0.6 is 0 Å². The second-order valence-electron chi connectivity index (χ2n) is 3.67. The van der Waals surface area contributed by atoms with Crippen LogP contribution in [0.4, 0.5) is 5.69 Å². The molecule has 1 aromatic carbocycles. The van der Waals surface area contributed by atoms with E-state index in [4.69, 9.17) is 0 Å². The highest BCUT2D eigenvalue weighted by Gasteiger charge is 2.03. The average molecular weight is 177 g/mol. The molecular formula is C12H19N. The summed E-state index contributed by atoms with van der Waals surface area (Å²) < 4.78 is 0. The summed E-state index contributed by atoms with van der Waals surface area (Å²) in [6.07, 6.45) is 1.17. The van der Waals surface area contributed by atoms with E-state index >= 15 is 0 Å². The molecule has 0 saturated carbocycles. The number of anilines is 1. The molecule has 0 amide bonds. The van der Waals surface area contributed by atoms with Crippen molar-refractivity contribution in [2.75, 3.05) is 11.9 Å². The fourth-order valence-electron chi connectivity index (χ4n) is 1.42. The van der Waals surface area contributed by atoms with E-state index in [-0.39, 0.29) is 0 Å². The fourth-order valence-corrected chi connectivity index (χ4v) is 1.42. The van der Waals surface area contributed by atoms with Gasteiger partial charge < -0.3 is 5.32 Å². The van der Waals surface area contributed by atoms with Crippen LogP contribution in [-0.2, 0) is 0 Å². The topological polar surface area (TPSA) is 12.0 Å². The number of nitrogens with one attached hydrogen (secondary N) is 1. The molecule has 1 N–H and O–H groups in total. The highest BCUT2D eigenvalue weighted by atomic mass is 14.9. The van der Waals surface area contributed by atoms with Crippen LogP contribution in [0.1, 0.15) is 38.7 Å². The summed E-state index contributed by atoms with van der Waals surface area (Å²) in [5, 5.41) is 3.44. The zero-order chi connectivity index (χ0) is 9.68. The SMILES string of the molecule is CCCNc1ccccc1C(C)C. The summed E-state index contributed by atoms with van der Waals surface area (Å²) in [5.74, 6) is 0.598. The Bertz CT molecular complexity index is 253. The maximum absolute atomic E-state index is 3.44. The van der Waals surface area contributed by atoms with Crippen LogP contribution in [0.25, 0.3) is 0 Å². The van der Waals surface area contributed by atoms with Gasteiger partial charge in [-0.25, -0.2) is 0 Å². The average Bonchev–Trinajstić information content (AvgIpc) is 2.15. The molecular weight excluding hydrogens is 158 g/mol. The van der Waals surface area contributed by atoms with Gasteiger partial charge in [0.25, 0.3) is 0 Å². The van der Waals surface area contributed by atoms with Gasteiger partial charge in [0, 0.05) is 12.2 Å². The van der Waals surface area contributed by atoms with Crippen molar-refractivity contribution in [3.05, 3.63) is 29.8 Å². The molecule has 0 saturated heterocycles. The molecule has 0 aliphatic rings. The lowest BCUT2D eigenvalue weighted by atomic mass is 10.0. The zero-order valence-electron chi connectivity index (χ0n) is 8.80. The number of benzene rings is 1. The van der Waals surface area contributed by atoms with Gasteiger partial charge in [0.1, 0.15) is 0 Å². The monoisotopic (exact) mass is 177 g/mol. The molecule has 0 heterocycles. The molecule has 1 rings (SSSR count). The molecule has 0 aliphatic carbocycles. The predicted octanol–water partition coefficient (Wildman–Crippen LogP) is 3.63. The van der Waals surface area contributed by atoms with E-state index in [0.717, 1.165) is 6.54 Å². The third kappa shape index (κ3) is 2.76. The Morgan fingerprint density at radius 2 is 1.92 bits per heavy atom. The van der Waals surface area contributed by atoms with Crippen molar-refractivity contribution in [1.29, 1.82) is 0 Å². The first-order valence-electron chi connectivity index (χ1n) is 5.08. The predicted molar refractivity (Wildman–Crippen MR) is 59.3 cm³/mol. The van der Waals surface area contributed by atoms with Crippen LogP contribution < -0.4 is 5.32 Å². The summed E-state index contributed by atoms with van der Waals surface area (Å²) >= 11 is 0. The maximum Gasteiger partial charge on any atom is 0.0375 e. The minimum absolute atomic E-state index is 0.598. The Labute approximate surface area is 81.2 Å². The van der Waals surface area contributed by atoms with Gasteiger partial charge in [-0.05, 0) is 24.0 Å². The highest BCUT2D eigenvalue weighted by molar-refractivity contribution is 5.52. The standard InChI is InChI=1S/C12H19N/c1-4-9-13-12-8-6-5-7-11(12)10(2)3/h5-8,10,13H,4,9H2,1-3H3. The molecule has 0 unspecified atom stereocenters. The van der Waals surface area contributed by atoms with Gasteiger partial charge >= 0.3 is 0 Å². The van der Waals surface area contributed by atoms with E-state index in [2.05, 4.69) is 50.4 Å². The lowest BCUT2D eigenvalue weighted by molar-refractivity contribution is 0.862. The molecule has 0 aliphatic heterocycles. The second-order valence-corrected chi connectivity index (χ2v) is 3.67. The van der Waals surface area contributed by atoms with E-state index in [1.54, 1.807) is 0 Å². The first kappa shape index (κ1) is 10.1. The van der Waals surface area contributed by atoms with Gasteiger partial charge in [0.2, 0.25) is 0 Å². The van der Waals surface area contributed by atoms with E-state index in [0.29, 0.717) is 5.92 Å². The first-order chi connectivity index (χ1) is 6.25. The van der Waals surface area contributed by atoms with Crippen molar-refractivity contribution in [3.8, 4) is 0 Å². The minimum Gasteiger partial charge on any atom is -0.385 e. The van der Waals surface area contributed by atoms with Crippen LogP contribution in [0.5, 0.6) is 0 Å². The lowest BCUT2D eigenvalue weighted by Gasteiger charge is -2.13. The number of para-hydroxylation sites is 1. The Balaban J connectivity index is 2.78. The van der Waals surface area contributed by atoms with Crippen molar-refractivity contribution in [3.63, 3.8) is 0 Å². The van der Waals surface area contributed by atoms with Crippen LogP contribution in [0.2, 0.25) is 0 Å². The first-order valence-corrected chi connectivity index (χ1v) is 5.08. The summed E-state index contributed by atoms with van der Waals surface area (Å²) in [5.41, 5.74) is 2.70. The molecule has 0 bridgehead atoms. The summed E-state index contributed by atoms with van der Waals surface area (Å²) in [7, 11) is 0. The van der Waals surface area contributed by atoms with E-state index in [1.807, 2.05) is 0 Å².